The minimum atomic E-state index is -0.0477. The fourth-order valence-corrected chi connectivity index (χ4v) is 2.71. The smallest absolute Gasteiger partial charge is 0.291 e. The van der Waals surface area contributed by atoms with Crippen LogP contribution < -0.4 is 10.9 Å². The van der Waals surface area contributed by atoms with E-state index in [2.05, 4.69) is 26.3 Å². The van der Waals surface area contributed by atoms with E-state index in [0.29, 0.717) is 11.6 Å². The summed E-state index contributed by atoms with van der Waals surface area (Å²) in [4.78, 5) is 12.4. The maximum atomic E-state index is 12.4. The molecule has 1 saturated carbocycles. The SMILES string of the molecule is O=c1c(NCCCCCO)c(Br)cnn1CC1CCC1. The lowest BCUT2D eigenvalue weighted by Gasteiger charge is -2.25. The largest absolute Gasteiger partial charge is 0.396 e. The van der Waals surface area contributed by atoms with Crippen LogP contribution in [0.3, 0.4) is 0 Å². The van der Waals surface area contributed by atoms with Crippen molar-refractivity contribution in [2.75, 3.05) is 18.5 Å². The molecule has 2 rings (SSSR count). The molecule has 0 aromatic carbocycles. The summed E-state index contributed by atoms with van der Waals surface area (Å²) < 4.78 is 2.29. The number of aliphatic hydroxyl groups excluding tert-OH is 1. The van der Waals surface area contributed by atoms with Crippen molar-refractivity contribution in [1.82, 2.24) is 9.78 Å². The van der Waals surface area contributed by atoms with Crippen molar-refractivity contribution in [3.63, 3.8) is 0 Å². The summed E-state index contributed by atoms with van der Waals surface area (Å²) in [5.74, 6) is 0.610. The Morgan fingerprint density at radius 2 is 2.20 bits per heavy atom. The molecule has 0 bridgehead atoms. The third kappa shape index (κ3) is 4.06. The number of halogens is 1. The summed E-state index contributed by atoms with van der Waals surface area (Å²) in [6.07, 6.45) is 8.08. The quantitative estimate of drug-likeness (QED) is 0.711. The molecule has 0 spiro atoms. The Hall–Kier alpha value is -0.880. The minimum Gasteiger partial charge on any atom is -0.396 e. The zero-order valence-corrected chi connectivity index (χ0v) is 13.2. The van der Waals surface area contributed by atoms with E-state index in [9.17, 15) is 4.79 Å². The van der Waals surface area contributed by atoms with E-state index in [0.717, 1.165) is 36.8 Å². The van der Waals surface area contributed by atoms with Crippen LogP contribution in [0.5, 0.6) is 0 Å². The monoisotopic (exact) mass is 343 g/mol. The number of anilines is 1. The first-order valence-electron chi connectivity index (χ1n) is 7.32. The van der Waals surface area contributed by atoms with Crippen molar-refractivity contribution in [2.24, 2.45) is 5.92 Å². The van der Waals surface area contributed by atoms with E-state index >= 15 is 0 Å². The summed E-state index contributed by atoms with van der Waals surface area (Å²) in [6.45, 7) is 1.69. The fourth-order valence-electron chi connectivity index (χ4n) is 2.31. The molecule has 0 radical (unpaired) electrons. The van der Waals surface area contributed by atoms with Crippen LogP contribution in [0.4, 0.5) is 5.69 Å². The average Bonchev–Trinajstić information content (AvgIpc) is 2.39. The van der Waals surface area contributed by atoms with Gasteiger partial charge in [0.05, 0.1) is 10.7 Å². The number of nitrogens with zero attached hydrogens (tertiary/aromatic N) is 2. The van der Waals surface area contributed by atoms with E-state index in [1.165, 1.54) is 19.3 Å². The molecule has 1 aliphatic carbocycles. The van der Waals surface area contributed by atoms with Gasteiger partial charge in [0, 0.05) is 19.7 Å². The molecule has 1 fully saturated rings. The van der Waals surface area contributed by atoms with E-state index in [-0.39, 0.29) is 12.2 Å². The van der Waals surface area contributed by atoms with Crippen molar-refractivity contribution < 1.29 is 5.11 Å². The van der Waals surface area contributed by atoms with E-state index in [1.807, 2.05) is 0 Å². The van der Waals surface area contributed by atoms with E-state index < -0.39 is 0 Å². The van der Waals surface area contributed by atoms with Crippen LogP contribution in [-0.2, 0) is 6.54 Å². The molecule has 1 aromatic rings. The Kier molecular flexibility index (Phi) is 6.04. The van der Waals surface area contributed by atoms with Crippen molar-refractivity contribution in [3.05, 3.63) is 21.0 Å². The van der Waals surface area contributed by atoms with Crippen LogP contribution in [0.25, 0.3) is 0 Å². The Morgan fingerprint density at radius 1 is 1.40 bits per heavy atom. The normalized spacial score (nSPS) is 15.1. The highest BCUT2D eigenvalue weighted by atomic mass is 79.9. The van der Waals surface area contributed by atoms with Gasteiger partial charge >= 0.3 is 0 Å². The van der Waals surface area contributed by atoms with Crippen molar-refractivity contribution in [1.29, 1.82) is 0 Å². The minimum absolute atomic E-state index is 0.0477. The number of aromatic nitrogens is 2. The lowest BCUT2D eigenvalue weighted by atomic mass is 9.85. The molecule has 5 nitrogen and oxygen atoms in total. The first kappa shape index (κ1) is 15.5. The van der Waals surface area contributed by atoms with Gasteiger partial charge in [-0.15, -0.1) is 0 Å². The molecule has 2 N–H and O–H groups in total. The van der Waals surface area contributed by atoms with Gasteiger partial charge < -0.3 is 10.4 Å². The van der Waals surface area contributed by atoms with E-state index in [1.54, 1.807) is 10.9 Å². The van der Waals surface area contributed by atoms with Crippen LogP contribution in [-0.4, -0.2) is 28.0 Å². The molecule has 0 amide bonds. The van der Waals surface area contributed by atoms with Gasteiger partial charge in [-0.25, -0.2) is 4.68 Å². The molecule has 1 aromatic heterocycles. The highest BCUT2D eigenvalue weighted by Crippen LogP contribution is 2.27. The molecule has 0 unspecified atom stereocenters. The number of nitrogens with one attached hydrogen (secondary N) is 1. The first-order chi connectivity index (χ1) is 9.72. The van der Waals surface area contributed by atoms with Crippen LogP contribution in [0, 0.1) is 5.92 Å². The van der Waals surface area contributed by atoms with Gasteiger partial charge in [0.25, 0.3) is 5.56 Å². The summed E-state index contributed by atoms with van der Waals surface area (Å²) in [5.41, 5.74) is 0.553. The standard InChI is InChI=1S/C14H22BrN3O2/c15-12-9-17-18(10-11-5-4-6-11)14(20)13(12)16-7-2-1-3-8-19/h9,11,16,19H,1-8,10H2. The molecule has 1 heterocycles. The molecule has 20 heavy (non-hydrogen) atoms. The number of hydrogen-bond acceptors (Lipinski definition) is 4. The molecule has 0 atom stereocenters. The summed E-state index contributed by atoms with van der Waals surface area (Å²) in [7, 11) is 0. The molecular weight excluding hydrogens is 322 g/mol. The van der Waals surface area contributed by atoms with Gasteiger partial charge in [-0.2, -0.15) is 5.10 Å². The third-order valence-electron chi connectivity index (χ3n) is 3.79. The van der Waals surface area contributed by atoms with E-state index in [4.69, 9.17) is 5.11 Å². The number of aliphatic hydroxyl groups is 1. The van der Waals surface area contributed by atoms with Crippen LogP contribution in [0.1, 0.15) is 38.5 Å². The highest BCUT2D eigenvalue weighted by molar-refractivity contribution is 9.10. The topological polar surface area (TPSA) is 67.2 Å². The summed E-state index contributed by atoms with van der Waals surface area (Å²) in [6, 6.07) is 0. The third-order valence-corrected chi connectivity index (χ3v) is 4.39. The first-order valence-corrected chi connectivity index (χ1v) is 8.12. The Morgan fingerprint density at radius 3 is 2.85 bits per heavy atom. The van der Waals surface area contributed by atoms with Crippen LogP contribution >= 0.6 is 15.9 Å². The predicted molar refractivity (Wildman–Crippen MR) is 83.0 cm³/mol. The molecule has 112 valence electrons. The molecular formula is C14H22BrN3O2. The predicted octanol–water partition coefficient (Wildman–Crippen LogP) is 2.38. The van der Waals surface area contributed by atoms with Crippen molar-refractivity contribution in [3.8, 4) is 0 Å². The zero-order valence-electron chi connectivity index (χ0n) is 11.6. The summed E-state index contributed by atoms with van der Waals surface area (Å²) in [5, 5.41) is 16.1. The molecule has 0 aliphatic heterocycles. The number of unbranched alkanes of at least 4 members (excludes halogenated alkanes) is 2. The van der Waals surface area contributed by atoms with Gasteiger partial charge in [0.1, 0.15) is 5.69 Å². The second kappa shape index (κ2) is 7.78. The van der Waals surface area contributed by atoms with Gasteiger partial charge in [0.15, 0.2) is 0 Å². The average molecular weight is 344 g/mol. The lowest BCUT2D eigenvalue weighted by Crippen LogP contribution is -2.31. The second-order valence-electron chi connectivity index (χ2n) is 5.36. The van der Waals surface area contributed by atoms with Crippen molar-refractivity contribution >= 4 is 21.6 Å². The summed E-state index contributed by atoms with van der Waals surface area (Å²) >= 11 is 3.38. The van der Waals surface area contributed by atoms with Crippen LogP contribution in [0.2, 0.25) is 0 Å². The van der Waals surface area contributed by atoms with Crippen LogP contribution in [0.15, 0.2) is 15.5 Å². The molecule has 6 heteroatoms. The maximum Gasteiger partial charge on any atom is 0.291 e. The Labute approximate surface area is 127 Å². The zero-order chi connectivity index (χ0) is 14.4. The second-order valence-corrected chi connectivity index (χ2v) is 6.22. The maximum absolute atomic E-state index is 12.4. The number of hydrogen-bond donors (Lipinski definition) is 2. The van der Waals surface area contributed by atoms with Crippen molar-refractivity contribution in [2.45, 2.75) is 45.1 Å². The Balaban J connectivity index is 1.95. The van der Waals surface area contributed by atoms with Gasteiger partial charge in [0.2, 0.25) is 0 Å². The number of rotatable bonds is 8. The van der Waals surface area contributed by atoms with Gasteiger partial charge in [-0.1, -0.05) is 6.42 Å². The van der Waals surface area contributed by atoms with Gasteiger partial charge in [-0.05, 0) is 54.0 Å². The highest BCUT2D eigenvalue weighted by Gasteiger charge is 2.20. The lowest BCUT2D eigenvalue weighted by molar-refractivity contribution is 0.262. The molecule has 0 saturated heterocycles. The Bertz CT molecular complexity index is 486. The fraction of sp³-hybridized carbons (Fsp3) is 0.714. The van der Waals surface area contributed by atoms with Gasteiger partial charge in [-0.3, -0.25) is 4.79 Å². The molecule has 1 aliphatic rings.